The van der Waals surface area contributed by atoms with Crippen LogP contribution in [-0.2, 0) is 4.79 Å². The van der Waals surface area contributed by atoms with Gasteiger partial charge in [0.1, 0.15) is 0 Å². The van der Waals surface area contributed by atoms with Crippen molar-refractivity contribution in [1.82, 2.24) is 10.2 Å². The van der Waals surface area contributed by atoms with Gasteiger partial charge in [-0.2, -0.15) is 0 Å². The maximum Gasteiger partial charge on any atom is 0.237 e. The highest BCUT2D eigenvalue weighted by Crippen LogP contribution is 2.55. The molecule has 6 unspecified atom stereocenters. The van der Waals surface area contributed by atoms with Crippen molar-refractivity contribution < 1.29 is 9.90 Å². The van der Waals surface area contributed by atoms with E-state index in [4.69, 9.17) is 0 Å². The minimum absolute atomic E-state index is 0.0967. The van der Waals surface area contributed by atoms with Crippen molar-refractivity contribution in [3.8, 4) is 0 Å². The number of hydrogen-bond donors (Lipinski definition) is 2. The molecular weight excluding hydrogens is 228 g/mol. The Balaban J connectivity index is 1.68. The van der Waals surface area contributed by atoms with E-state index in [-0.39, 0.29) is 24.1 Å². The third-order valence-electron chi connectivity index (χ3n) is 5.31. The number of amides is 1. The topological polar surface area (TPSA) is 52.6 Å². The van der Waals surface area contributed by atoms with Crippen LogP contribution in [-0.4, -0.2) is 47.2 Å². The fraction of sp³-hybridized carbons (Fsp3) is 0.929. The zero-order valence-electron chi connectivity index (χ0n) is 11.3. The van der Waals surface area contributed by atoms with E-state index in [1.54, 1.807) is 0 Å². The van der Waals surface area contributed by atoms with Gasteiger partial charge in [0.2, 0.25) is 5.91 Å². The van der Waals surface area contributed by atoms with Crippen molar-refractivity contribution in [2.24, 2.45) is 17.8 Å². The van der Waals surface area contributed by atoms with Crippen LogP contribution >= 0.6 is 0 Å². The standard InChI is InChI=1S/C14H24N2O2/c1-3-4-15-14(18)8(2)16-7-10-5-9-6-11(10)12(16)13(9)17/h8-13,17H,3-7H2,1-2H3,(H,15,18). The summed E-state index contributed by atoms with van der Waals surface area (Å²) in [5.41, 5.74) is 0. The number of rotatable bonds is 4. The quantitative estimate of drug-likeness (QED) is 0.770. The lowest BCUT2D eigenvalue weighted by Gasteiger charge is -2.32. The van der Waals surface area contributed by atoms with Gasteiger partial charge in [-0.1, -0.05) is 6.92 Å². The molecule has 0 aromatic carbocycles. The smallest absolute Gasteiger partial charge is 0.237 e. The molecule has 0 aromatic heterocycles. The molecule has 3 aliphatic rings. The van der Waals surface area contributed by atoms with Crippen LogP contribution in [0.4, 0.5) is 0 Å². The molecule has 2 saturated carbocycles. The lowest BCUT2D eigenvalue weighted by atomic mass is 9.88. The second-order valence-corrected chi connectivity index (χ2v) is 6.30. The minimum Gasteiger partial charge on any atom is -0.391 e. The number of nitrogens with one attached hydrogen (secondary N) is 1. The van der Waals surface area contributed by atoms with Gasteiger partial charge in [0.05, 0.1) is 12.1 Å². The number of carbonyl (C=O) groups excluding carboxylic acids is 1. The Morgan fingerprint density at radius 1 is 1.44 bits per heavy atom. The molecular formula is C14H24N2O2. The van der Waals surface area contributed by atoms with Crippen LogP contribution in [0.1, 0.15) is 33.1 Å². The highest BCUT2D eigenvalue weighted by molar-refractivity contribution is 5.81. The van der Waals surface area contributed by atoms with Crippen molar-refractivity contribution in [3.63, 3.8) is 0 Å². The summed E-state index contributed by atoms with van der Waals surface area (Å²) in [4.78, 5) is 14.3. The van der Waals surface area contributed by atoms with E-state index in [1.807, 2.05) is 6.92 Å². The zero-order valence-corrected chi connectivity index (χ0v) is 11.3. The molecule has 2 bridgehead atoms. The van der Waals surface area contributed by atoms with E-state index in [1.165, 1.54) is 12.8 Å². The summed E-state index contributed by atoms with van der Waals surface area (Å²) in [5, 5.41) is 13.3. The van der Waals surface area contributed by atoms with E-state index in [2.05, 4.69) is 17.1 Å². The lowest BCUT2D eigenvalue weighted by Crippen LogP contribution is -2.51. The van der Waals surface area contributed by atoms with Crippen molar-refractivity contribution in [2.75, 3.05) is 13.1 Å². The molecule has 1 aliphatic heterocycles. The molecule has 4 nitrogen and oxygen atoms in total. The molecule has 4 heteroatoms. The molecule has 6 atom stereocenters. The summed E-state index contributed by atoms with van der Waals surface area (Å²) in [6.45, 7) is 5.80. The van der Waals surface area contributed by atoms with E-state index in [0.29, 0.717) is 11.8 Å². The second-order valence-electron chi connectivity index (χ2n) is 6.30. The van der Waals surface area contributed by atoms with E-state index >= 15 is 0 Å². The average Bonchev–Trinajstić information content (AvgIpc) is 2.95. The number of hydrogen-bond acceptors (Lipinski definition) is 3. The first-order valence-electron chi connectivity index (χ1n) is 7.35. The second kappa shape index (κ2) is 4.49. The molecule has 0 radical (unpaired) electrons. The van der Waals surface area contributed by atoms with Crippen molar-refractivity contribution >= 4 is 5.91 Å². The summed E-state index contributed by atoms with van der Waals surface area (Å²) >= 11 is 0. The van der Waals surface area contributed by atoms with Crippen LogP contribution in [0.2, 0.25) is 0 Å². The molecule has 3 fully saturated rings. The maximum atomic E-state index is 12.1. The van der Waals surface area contributed by atoms with Gasteiger partial charge in [-0.25, -0.2) is 0 Å². The van der Waals surface area contributed by atoms with E-state index in [0.717, 1.165) is 25.4 Å². The number of fused-ring (bicyclic) bond motifs is 1. The van der Waals surface area contributed by atoms with E-state index in [9.17, 15) is 9.90 Å². The number of likely N-dealkylation sites (tertiary alicyclic amines) is 1. The summed E-state index contributed by atoms with van der Waals surface area (Å²) in [6.07, 6.45) is 3.12. The summed E-state index contributed by atoms with van der Waals surface area (Å²) in [7, 11) is 0. The third kappa shape index (κ3) is 1.69. The van der Waals surface area contributed by atoms with Gasteiger partial charge in [-0.05, 0) is 43.9 Å². The first-order valence-corrected chi connectivity index (χ1v) is 7.35. The number of carbonyl (C=O) groups is 1. The summed E-state index contributed by atoms with van der Waals surface area (Å²) in [5.74, 6) is 1.99. The highest BCUT2D eigenvalue weighted by atomic mass is 16.3. The Morgan fingerprint density at radius 3 is 2.89 bits per heavy atom. The van der Waals surface area contributed by atoms with E-state index < -0.39 is 0 Å². The van der Waals surface area contributed by atoms with Crippen molar-refractivity contribution in [2.45, 2.75) is 51.3 Å². The van der Waals surface area contributed by atoms with Crippen LogP contribution in [0.5, 0.6) is 0 Å². The van der Waals surface area contributed by atoms with Gasteiger partial charge >= 0.3 is 0 Å². The molecule has 0 aromatic rings. The average molecular weight is 252 g/mol. The Bertz CT molecular complexity index is 345. The predicted molar refractivity (Wildman–Crippen MR) is 69.0 cm³/mol. The first kappa shape index (κ1) is 12.4. The number of aliphatic hydroxyl groups excluding tert-OH is 1. The molecule has 2 aliphatic carbocycles. The molecule has 0 spiro atoms. The van der Waals surface area contributed by atoms with Gasteiger partial charge in [-0.3, -0.25) is 9.69 Å². The summed E-state index contributed by atoms with van der Waals surface area (Å²) in [6, 6.07) is 0.150. The fourth-order valence-electron chi connectivity index (χ4n) is 4.44. The fourth-order valence-corrected chi connectivity index (χ4v) is 4.44. The Morgan fingerprint density at radius 2 is 2.22 bits per heavy atom. The van der Waals surface area contributed by atoms with Gasteiger partial charge in [-0.15, -0.1) is 0 Å². The molecule has 102 valence electrons. The minimum atomic E-state index is -0.199. The number of nitrogens with zero attached hydrogens (tertiary/aromatic N) is 1. The van der Waals surface area contributed by atoms with Gasteiger partial charge in [0.15, 0.2) is 0 Å². The van der Waals surface area contributed by atoms with Gasteiger partial charge < -0.3 is 10.4 Å². The SMILES string of the molecule is CCCNC(=O)C(C)N1CC2CC3CC2C1C3O. The third-order valence-corrected chi connectivity index (χ3v) is 5.31. The van der Waals surface area contributed by atoms with Crippen LogP contribution in [0.25, 0.3) is 0 Å². The number of aliphatic hydroxyl groups is 1. The molecule has 18 heavy (non-hydrogen) atoms. The predicted octanol–water partition coefficient (Wildman–Crippen LogP) is 0.602. The van der Waals surface area contributed by atoms with Crippen molar-refractivity contribution in [3.05, 3.63) is 0 Å². The van der Waals surface area contributed by atoms with Crippen LogP contribution in [0, 0.1) is 17.8 Å². The Kier molecular flexibility index (Phi) is 3.10. The zero-order chi connectivity index (χ0) is 12.9. The van der Waals surface area contributed by atoms with Crippen LogP contribution < -0.4 is 5.32 Å². The van der Waals surface area contributed by atoms with Crippen LogP contribution in [0.15, 0.2) is 0 Å². The highest BCUT2D eigenvalue weighted by Gasteiger charge is 2.59. The molecule has 2 N–H and O–H groups in total. The summed E-state index contributed by atoms with van der Waals surface area (Å²) < 4.78 is 0. The normalized spacial score (nSPS) is 43.4. The Hall–Kier alpha value is -0.610. The van der Waals surface area contributed by atoms with Crippen LogP contribution in [0.3, 0.4) is 0 Å². The monoisotopic (exact) mass is 252 g/mol. The Labute approximate surface area is 109 Å². The first-order chi connectivity index (χ1) is 8.63. The molecule has 1 amide bonds. The molecule has 1 saturated heterocycles. The maximum absolute atomic E-state index is 12.1. The molecule has 3 rings (SSSR count). The molecule has 1 heterocycles. The van der Waals surface area contributed by atoms with Gasteiger partial charge in [0, 0.05) is 19.1 Å². The lowest BCUT2D eigenvalue weighted by molar-refractivity contribution is -0.126. The van der Waals surface area contributed by atoms with Gasteiger partial charge in [0.25, 0.3) is 0 Å². The van der Waals surface area contributed by atoms with Crippen molar-refractivity contribution in [1.29, 1.82) is 0 Å². The largest absolute Gasteiger partial charge is 0.391 e.